The van der Waals surface area contributed by atoms with Gasteiger partial charge in [-0.25, -0.2) is 9.50 Å². The maximum absolute atomic E-state index is 12.8. The maximum Gasteiger partial charge on any atom is 0.255 e. The molecule has 2 aromatic carbocycles. The van der Waals surface area contributed by atoms with Crippen LogP contribution in [-0.4, -0.2) is 41.8 Å². The molecule has 0 fully saturated rings. The maximum atomic E-state index is 12.8. The number of fused-ring (bicyclic) bond motifs is 1. The summed E-state index contributed by atoms with van der Waals surface area (Å²) in [5.41, 5.74) is 2.80. The zero-order valence-corrected chi connectivity index (χ0v) is 17.5. The molecular formula is C23H22N4O4. The van der Waals surface area contributed by atoms with Crippen LogP contribution >= 0.6 is 0 Å². The molecule has 8 heteroatoms. The number of nitrogens with zero attached hydrogens (tertiary/aromatic N) is 3. The normalized spacial score (nSPS) is 10.7. The molecule has 0 atom stereocenters. The lowest BCUT2D eigenvalue weighted by atomic mass is 10.1. The van der Waals surface area contributed by atoms with Gasteiger partial charge < -0.3 is 19.5 Å². The Kier molecular flexibility index (Phi) is 5.70. The molecule has 0 aliphatic heterocycles. The first-order valence-electron chi connectivity index (χ1n) is 9.62. The molecule has 4 aromatic rings. The van der Waals surface area contributed by atoms with Crippen molar-refractivity contribution in [3.63, 3.8) is 0 Å². The molecule has 2 heterocycles. The van der Waals surface area contributed by atoms with E-state index < -0.39 is 0 Å². The van der Waals surface area contributed by atoms with Crippen molar-refractivity contribution in [1.82, 2.24) is 14.6 Å². The topological polar surface area (TPSA) is 87.0 Å². The van der Waals surface area contributed by atoms with E-state index in [0.717, 1.165) is 5.56 Å². The number of hydrogen-bond acceptors (Lipinski definition) is 6. The predicted molar refractivity (Wildman–Crippen MR) is 116 cm³/mol. The lowest BCUT2D eigenvalue weighted by molar-refractivity contribution is 0.102. The highest BCUT2D eigenvalue weighted by Gasteiger charge is 2.17. The molecule has 0 aliphatic rings. The molecule has 0 unspecified atom stereocenters. The highest BCUT2D eigenvalue weighted by atomic mass is 16.5. The Balaban J connectivity index is 1.56. The summed E-state index contributed by atoms with van der Waals surface area (Å²) in [7, 11) is 4.52. The first kappa shape index (κ1) is 20.2. The van der Waals surface area contributed by atoms with Gasteiger partial charge in [0.05, 0.1) is 33.2 Å². The van der Waals surface area contributed by atoms with E-state index in [9.17, 15) is 4.79 Å². The Morgan fingerprint density at radius 2 is 1.68 bits per heavy atom. The standard InChI is InChI=1S/C23H22N4O4/c1-29-18-12-16(13-19(30-2)22(18)31-3)23(28)24-17-9-10-21-25-20(26-27(21)14-17)11-15-7-5-4-6-8-15/h4-10,12-14H,11H2,1-3H3,(H,24,28). The number of carbonyl (C=O) groups excluding carboxylic acids is 1. The van der Waals surface area contributed by atoms with Gasteiger partial charge in [-0.05, 0) is 29.8 Å². The number of ether oxygens (including phenoxy) is 3. The van der Waals surface area contributed by atoms with Gasteiger partial charge in [-0.1, -0.05) is 30.3 Å². The Morgan fingerprint density at radius 1 is 0.968 bits per heavy atom. The van der Waals surface area contributed by atoms with Crippen molar-refractivity contribution < 1.29 is 19.0 Å². The van der Waals surface area contributed by atoms with Crippen molar-refractivity contribution >= 4 is 17.2 Å². The molecule has 0 saturated carbocycles. The molecule has 0 bridgehead atoms. The van der Waals surface area contributed by atoms with Gasteiger partial charge in [0, 0.05) is 12.0 Å². The first-order valence-corrected chi connectivity index (χ1v) is 9.62. The average molecular weight is 418 g/mol. The van der Waals surface area contributed by atoms with E-state index in [4.69, 9.17) is 14.2 Å². The van der Waals surface area contributed by atoms with E-state index in [1.165, 1.54) is 21.3 Å². The zero-order valence-electron chi connectivity index (χ0n) is 17.5. The molecule has 31 heavy (non-hydrogen) atoms. The van der Waals surface area contributed by atoms with E-state index in [1.807, 2.05) is 36.4 Å². The minimum Gasteiger partial charge on any atom is -0.493 e. The quantitative estimate of drug-likeness (QED) is 0.494. The lowest BCUT2D eigenvalue weighted by Crippen LogP contribution is -2.13. The predicted octanol–water partition coefficient (Wildman–Crippen LogP) is 3.60. The SMILES string of the molecule is COc1cc(C(=O)Nc2ccc3nc(Cc4ccccc4)nn3c2)cc(OC)c1OC. The van der Waals surface area contributed by atoms with Crippen LogP contribution in [0.15, 0.2) is 60.8 Å². The molecule has 0 aliphatic carbocycles. The van der Waals surface area contributed by atoms with Gasteiger partial charge in [0.1, 0.15) is 0 Å². The third-order valence-electron chi connectivity index (χ3n) is 4.76. The van der Waals surface area contributed by atoms with Crippen molar-refractivity contribution in [1.29, 1.82) is 0 Å². The number of nitrogens with one attached hydrogen (secondary N) is 1. The van der Waals surface area contributed by atoms with Crippen LogP contribution in [0.5, 0.6) is 17.2 Å². The van der Waals surface area contributed by atoms with Crippen LogP contribution in [0.1, 0.15) is 21.7 Å². The van der Waals surface area contributed by atoms with E-state index in [1.54, 1.807) is 28.9 Å². The smallest absolute Gasteiger partial charge is 0.255 e. The molecule has 158 valence electrons. The summed E-state index contributed by atoms with van der Waals surface area (Å²) in [4.78, 5) is 17.4. The molecular weight excluding hydrogens is 396 g/mol. The minimum atomic E-state index is -0.316. The van der Waals surface area contributed by atoms with Crippen molar-refractivity contribution in [2.45, 2.75) is 6.42 Å². The fourth-order valence-electron chi connectivity index (χ4n) is 3.27. The van der Waals surface area contributed by atoms with Crippen LogP contribution in [0.4, 0.5) is 5.69 Å². The monoisotopic (exact) mass is 418 g/mol. The highest BCUT2D eigenvalue weighted by molar-refractivity contribution is 6.05. The third kappa shape index (κ3) is 4.28. The van der Waals surface area contributed by atoms with Gasteiger partial charge in [0.25, 0.3) is 5.91 Å². The van der Waals surface area contributed by atoms with Gasteiger partial charge in [-0.2, -0.15) is 5.10 Å². The second kappa shape index (κ2) is 8.74. The van der Waals surface area contributed by atoms with Crippen LogP contribution in [0.25, 0.3) is 5.65 Å². The number of carbonyl (C=O) groups is 1. The summed E-state index contributed by atoms with van der Waals surface area (Å²) in [6, 6.07) is 16.8. The molecule has 4 rings (SSSR count). The largest absolute Gasteiger partial charge is 0.493 e. The molecule has 0 saturated heterocycles. The van der Waals surface area contributed by atoms with E-state index in [-0.39, 0.29) is 5.91 Å². The fourth-order valence-corrected chi connectivity index (χ4v) is 3.27. The third-order valence-corrected chi connectivity index (χ3v) is 4.76. The first-order chi connectivity index (χ1) is 15.1. The Morgan fingerprint density at radius 3 is 2.32 bits per heavy atom. The van der Waals surface area contributed by atoms with Gasteiger partial charge in [-0.3, -0.25) is 4.79 Å². The van der Waals surface area contributed by atoms with Crippen LogP contribution in [0.3, 0.4) is 0 Å². The molecule has 0 spiro atoms. The summed E-state index contributed by atoms with van der Waals surface area (Å²) in [5.74, 6) is 1.63. The second-order valence-corrected chi connectivity index (χ2v) is 6.78. The van der Waals surface area contributed by atoms with E-state index >= 15 is 0 Å². The molecule has 0 radical (unpaired) electrons. The van der Waals surface area contributed by atoms with E-state index in [2.05, 4.69) is 15.4 Å². The summed E-state index contributed by atoms with van der Waals surface area (Å²) >= 11 is 0. The molecule has 2 aromatic heterocycles. The van der Waals surface area contributed by atoms with Crippen LogP contribution in [0, 0.1) is 0 Å². The average Bonchev–Trinajstić information content (AvgIpc) is 3.20. The van der Waals surface area contributed by atoms with Crippen molar-refractivity contribution in [2.75, 3.05) is 26.6 Å². The fraction of sp³-hybridized carbons (Fsp3) is 0.174. The summed E-state index contributed by atoms with van der Waals surface area (Å²) < 4.78 is 17.6. The van der Waals surface area contributed by atoms with Crippen molar-refractivity contribution in [2.24, 2.45) is 0 Å². The van der Waals surface area contributed by atoms with Crippen LogP contribution in [0.2, 0.25) is 0 Å². The molecule has 1 N–H and O–H groups in total. The number of methoxy groups -OCH3 is 3. The van der Waals surface area contributed by atoms with Gasteiger partial charge in [0.2, 0.25) is 5.75 Å². The van der Waals surface area contributed by atoms with Crippen molar-refractivity contribution in [3.05, 3.63) is 77.7 Å². The Hall–Kier alpha value is -4.07. The number of aromatic nitrogens is 3. The van der Waals surface area contributed by atoms with E-state index in [0.29, 0.717) is 46.4 Å². The summed E-state index contributed by atoms with van der Waals surface area (Å²) in [6.07, 6.45) is 2.36. The molecule has 8 nitrogen and oxygen atoms in total. The Bertz CT molecular complexity index is 1200. The number of benzene rings is 2. The van der Waals surface area contributed by atoms with Crippen LogP contribution in [-0.2, 0) is 6.42 Å². The Labute approximate surface area is 179 Å². The number of pyridine rings is 1. The number of hydrogen-bond donors (Lipinski definition) is 1. The van der Waals surface area contributed by atoms with Gasteiger partial charge in [0.15, 0.2) is 23.0 Å². The van der Waals surface area contributed by atoms with Gasteiger partial charge in [-0.15, -0.1) is 0 Å². The van der Waals surface area contributed by atoms with Gasteiger partial charge >= 0.3 is 0 Å². The van der Waals surface area contributed by atoms with Crippen LogP contribution < -0.4 is 19.5 Å². The number of amides is 1. The molecule has 1 amide bonds. The summed E-state index contributed by atoms with van der Waals surface area (Å²) in [6.45, 7) is 0. The second-order valence-electron chi connectivity index (χ2n) is 6.78. The highest BCUT2D eigenvalue weighted by Crippen LogP contribution is 2.38. The number of rotatable bonds is 7. The zero-order chi connectivity index (χ0) is 21.8. The summed E-state index contributed by atoms with van der Waals surface area (Å²) in [5, 5.41) is 7.39. The minimum absolute atomic E-state index is 0.316. The van der Waals surface area contributed by atoms with Crippen molar-refractivity contribution in [3.8, 4) is 17.2 Å². The lowest BCUT2D eigenvalue weighted by Gasteiger charge is -2.14. The number of anilines is 1.